The first-order valence-electron chi connectivity index (χ1n) is 22.9. The minimum Gasteiger partial charge on any atom is -0.394 e. The predicted octanol–water partition coefficient (Wildman–Crippen LogP) is 13.3. The molecule has 0 radical (unpaired) electrons. The molecule has 0 saturated heterocycles. The Hall–Kier alpha value is -1.69. The predicted molar refractivity (Wildman–Crippen MR) is 231 cm³/mol. The van der Waals surface area contributed by atoms with Crippen molar-refractivity contribution in [3.8, 4) is 0 Å². The Bertz CT molecular complexity index is 866. The van der Waals surface area contributed by atoms with E-state index in [9.17, 15) is 20.1 Å². The first kappa shape index (κ1) is 51.3. The topological polar surface area (TPSA) is 89.8 Å². The van der Waals surface area contributed by atoms with Gasteiger partial charge >= 0.3 is 0 Å². The van der Waals surface area contributed by atoms with Gasteiger partial charge in [0, 0.05) is 6.42 Å². The molecule has 0 heterocycles. The van der Waals surface area contributed by atoms with Gasteiger partial charge in [0.05, 0.1) is 18.8 Å². The quantitative estimate of drug-likeness (QED) is 0.0371. The molecule has 0 aromatic carbocycles. The van der Waals surface area contributed by atoms with Crippen LogP contribution in [0.5, 0.6) is 0 Å². The SMILES string of the molecule is CCC/C=C/CC/C=C/CCCC(O)C(O)C(CO)NC(=O)CCCCCCCCCCCCCCC/C=C\C/C=C\CCCCCCCCCCC. The van der Waals surface area contributed by atoms with E-state index < -0.39 is 18.2 Å². The van der Waals surface area contributed by atoms with Crippen LogP contribution in [0.15, 0.2) is 48.6 Å². The second kappa shape index (κ2) is 43.0. The van der Waals surface area contributed by atoms with Gasteiger partial charge in [-0.15, -0.1) is 0 Å². The molecule has 0 rings (SSSR count). The maximum atomic E-state index is 12.4. The van der Waals surface area contributed by atoms with Crippen molar-refractivity contribution in [3.05, 3.63) is 48.6 Å². The molecule has 0 aliphatic heterocycles. The Morgan fingerprint density at radius 3 is 1.34 bits per heavy atom. The minimum atomic E-state index is -1.17. The Morgan fingerprint density at radius 1 is 0.472 bits per heavy atom. The zero-order valence-corrected chi connectivity index (χ0v) is 35.1. The largest absolute Gasteiger partial charge is 0.394 e. The summed E-state index contributed by atoms with van der Waals surface area (Å²) in [6.45, 7) is 4.08. The average molecular weight is 744 g/mol. The molecule has 0 aliphatic carbocycles. The van der Waals surface area contributed by atoms with Crippen molar-refractivity contribution in [2.45, 2.75) is 244 Å². The fourth-order valence-corrected chi connectivity index (χ4v) is 6.80. The lowest BCUT2D eigenvalue weighted by Gasteiger charge is -2.26. The van der Waals surface area contributed by atoms with E-state index >= 15 is 0 Å². The summed E-state index contributed by atoms with van der Waals surface area (Å²) in [5.41, 5.74) is 0. The third-order valence-electron chi connectivity index (χ3n) is 10.4. The van der Waals surface area contributed by atoms with E-state index in [2.05, 4.69) is 67.8 Å². The molecular formula is C48H89NO4. The Balaban J connectivity index is 3.56. The summed E-state index contributed by atoms with van der Waals surface area (Å²) in [6, 6.07) is -0.832. The lowest BCUT2D eigenvalue weighted by molar-refractivity contribution is -0.124. The number of allylic oxidation sites excluding steroid dienone is 8. The Labute approximate surface area is 329 Å². The fraction of sp³-hybridized carbons (Fsp3) is 0.812. The number of unbranched alkanes of at least 4 members (excludes halogenated alkanes) is 25. The molecule has 53 heavy (non-hydrogen) atoms. The number of hydrogen-bond acceptors (Lipinski definition) is 4. The summed E-state index contributed by atoms with van der Waals surface area (Å²) in [6.07, 6.45) is 55.3. The van der Waals surface area contributed by atoms with Crippen LogP contribution >= 0.6 is 0 Å². The monoisotopic (exact) mass is 744 g/mol. The number of nitrogens with one attached hydrogen (secondary N) is 1. The van der Waals surface area contributed by atoms with Crippen LogP contribution in [0.1, 0.15) is 226 Å². The number of amides is 1. The molecule has 0 spiro atoms. The van der Waals surface area contributed by atoms with E-state index in [0.29, 0.717) is 12.8 Å². The normalized spacial score (nSPS) is 14.0. The summed E-state index contributed by atoms with van der Waals surface area (Å²) in [5, 5.41) is 33.3. The van der Waals surface area contributed by atoms with Crippen LogP contribution < -0.4 is 5.32 Å². The molecule has 0 bridgehead atoms. The highest BCUT2D eigenvalue weighted by atomic mass is 16.3. The second-order valence-corrected chi connectivity index (χ2v) is 15.6. The number of aliphatic hydroxyl groups is 3. The summed E-state index contributed by atoms with van der Waals surface area (Å²) >= 11 is 0. The molecule has 0 fully saturated rings. The first-order valence-corrected chi connectivity index (χ1v) is 22.9. The van der Waals surface area contributed by atoms with Gasteiger partial charge in [-0.05, 0) is 77.0 Å². The van der Waals surface area contributed by atoms with E-state index in [4.69, 9.17) is 0 Å². The van der Waals surface area contributed by atoms with Gasteiger partial charge in [-0.3, -0.25) is 4.79 Å². The zero-order valence-electron chi connectivity index (χ0n) is 35.1. The maximum absolute atomic E-state index is 12.4. The molecule has 4 N–H and O–H groups in total. The van der Waals surface area contributed by atoms with Crippen molar-refractivity contribution in [2.75, 3.05) is 6.61 Å². The van der Waals surface area contributed by atoms with Crippen molar-refractivity contribution in [3.63, 3.8) is 0 Å². The van der Waals surface area contributed by atoms with Crippen LogP contribution in [-0.4, -0.2) is 46.1 Å². The van der Waals surface area contributed by atoms with Gasteiger partial charge in [0.2, 0.25) is 5.91 Å². The van der Waals surface area contributed by atoms with Crippen LogP contribution in [0.25, 0.3) is 0 Å². The number of carbonyl (C=O) groups is 1. The lowest BCUT2D eigenvalue weighted by Crippen LogP contribution is -2.50. The van der Waals surface area contributed by atoms with Crippen molar-refractivity contribution in [1.29, 1.82) is 0 Å². The van der Waals surface area contributed by atoms with Gasteiger partial charge in [-0.2, -0.15) is 0 Å². The third kappa shape index (κ3) is 38.4. The van der Waals surface area contributed by atoms with Crippen LogP contribution in [0.4, 0.5) is 0 Å². The third-order valence-corrected chi connectivity index (χ3v) is 10.4. The Morgan fingerprint density at radius 2 is 0.868 bits per heavy atom. The van der Waals surface area contributed by atoms with Crippen molar-refractivity contribution < 1.29 is 20.1 Å². The van der Waals surface area contributed by atoms with Crippen LogP contribution in [0.2, 0.25) is 0 Å². The fourth-order valence-electron chi connectivity index (χ4n) is 6.80. The molecule has 1 amide bonds. The molecule has 0 saturated carbocycles. The van der Waals surface area contributed by atoms with Crippen molar-refractivity contribution >= 4 is 5.91 Å². The zero-order chi connectivity index (χ0) is 38.7. The molecule has 5 heteroatoms. The van der Waals surface area contributed by atoms with Gasteiger partial charge in [-0.1, -0.05) is 191 Å². The molecule has 5 nitrogen and oxygen atoms in total. The van der Waals surface area contributed by atoms with Gasteiger partial charge in [-0.25, -0.2) is 0 Å². The molecular weight excluding hydrogens is 655 g/mol. The van der Waals surface area contributed by atoms with Crippen molar-refractivity contribution in [2.24, 2.45) is 0 Å². The van der Waals surface area contributed by atoms with Gasteiger partial charge in [0.1, 0.15) is 6.10 Å². The average Bonchev–Trinajstić information content (AvgIpc) is 3.16. The summed E-state index contributed by atoms with van der Waals surface area (Å²) < 4.78 is 0. The molecule has 310 valence electrons. The summed E-state index contributed by atoms with van der Waals surface area (Å²) in [4.78, 5) is 12.4. The van der Waals surface area contributed by atoms with E-state index in [1.807, 2.05) is 0 Å². The summed E-state index contributed by atoms with van der Waals surface area (Å²) in [5.74, 6) is -0.162. The van der Waals surface area contributed by atoms with Crippen molar-refractivity contribution in [1.82, 2.24) is 5.32 Å². The highest BCUT2D eigenvalue weighted by Crippen LogP contribution is 2.15. The molecule has 3 unspecified atom stereocenters. The van der Waals surface area contributed by atoms with Crippen LogP contribution in [0, 0.1) is 0 Å². The summed E-state index contributed by atoms with van der Waals surface area (Å²) in [7, 11) is 0. The van der Waals surface area contributed by atoms with Crippen LogP contribution in [0.3, 0.4) is 0 Å². The maximum Gasteiger partial charge on any atom is 0.220 e. The van der Waals surface area contributed by atoms with E-state index in [-0.39, 0.29) is 12.5 Å². The Kier molecular flexibility index (Phi) is 41.7. The van der Waals surface area contributed by atoms with Crippen LogP contribution in [-0.2, 0) is 4.79 Å². The molecule has 0 aliphatic rings. The van der Waals surface area contributed by atoms with E-state index in [1.165, 1.54) is 141 Å². The number of carbonyl (C=O) groups excluding carboxylic acids is 1. The molecule has 0 aromatic rings. The highest BCUT2D eigenvalue weighted by Gasteiger charge is 2.26. The first-order chi connectivity index (χ1) is 26.1. The van der Waals surface area contributed by atoms with Gasteiger partial charge < -0.3 is 20.6 Å². The van der Waals surface area contributed by atoms with Gasteiger partial charge in [0.15, 0.2) is 0 Å². The molecule has 0 aromatic heterocycles. The number of hydrogen-bond donors (Lipinski definition) is 4. The van der Waals surface area contributed by atoms with E-state index in [1.54, 1.807) is 0 Å². The highest BCUT2D eigenvalue weighted by molar-refractivity contribution is 5.76. The smallest absolute Gasteiger partial charge is 0.220 e. The minimum absolute atomic E-state index is 0.162. The number of aliphatic hydroxyl groups excluding tert-OH is 3. The second-order valence-electron chi connectivity index (χ2n) is 15.6. The number of rotatable bonds is 41. The molecule has 3 atom stereocenters. The van der Waals surface area contributed by atoms with Gasteiger partial charge in [0.25, 0.3) is 0 Å². The van der Waals surface area contributed by atoms with E-state index in [0.717, 1.165) is 57.8 Å². The lowest BCUT2D eigenvalue weighted by atomic mass is 10.0. The standard InChI is InChI=1S/C48H89NO4/c1-3-5-7-9-11-13-15-16-17-18-19-20-21-22-23-24-25-26-27-28-29-30-31-32-33-35-37-39-41-43-47(52)49-45(44-50)48(53)46(51)42-40-38-36-34-14-12-10-8-6-4-2/h8,10,19-20,22-23,34,36,45-46,48,50-51,53H,3-7,9,11-18,21,24-33,35,37-44H2,1-2H3,(H,49,52)/b10-8+,20-19-,23-22-,36-34+.